The first kappa shape index (κ1) is 42.8. The molecule has 17 heteroatoms. The fourth-order valence-corrected chi connectivity index (χ4v) is 9.08. The lowest BCUT2D eigenvalue weighted by Crippen LogP contribution is -2.58. The van der Waals surface area contributed by atoms with Crippen molar-refractivity contribution in [1.82, 2.24) is 4.90 Å². The first-order chi connectivity index (χ1) is 27.9. The zero-order valence-corrected chi connectivity index (χ0v) is 33.8. The maximum atomic E-state index is 14.0. The third-order valence-corrected chi connectivity index (χ3v) is 12.2. The summed E-state index contributed by atoms with van der Waals surface area (Å²) in [5, 5.41) is 56.4. The standard InChI is InChI=1S/C42H51NO16/c1-8-42(52)16-27(31-20(35(42)41(51)53-7)13-21-32(37(31)49)38(50)34-25(46)10-9-24(45)33(34)36(21)48)57-29-14-22(43(5)6)39(18(3)55-29)59-30-15-26(47)40(19(4)56-30)58-28-12-11-23(44)17(2)54-28/h9-13,17-19,22,26-30,35,39-40,45-47,49,52H,8,14-16H2,1-7H3/t17-,18-,19-,22-,26-,27-,28-,29-,30-,35?,39+,40+,42+/m0/s1. The molecule has 0 saturated carbocycles. The van der Waals surface area contributed by atoms with Crippen LogP contribution in [0.3, 0.4) is 0 Å². The normalized spacial score (nSPS) is 35.6. The molecule has 2 fully saturated rings. The number of carbonyl (C=O) groups excluding carboxylic acids is 4. The van der Waals surface area contributed by atoms with Gasteiger partial charge >= 0.3 is 5.97 Å². The summed E-state index contributed by atoms with van der Waals surface area (Å²) >= 11 is 0. The third-order valence-electron chi connectivity index (χ3n) is 12.2. The van der Waals surface area contributed by atoms with Crippen LogP contribution in [-0.4, -0.2) is 142 Å². The minimum Gasteiger partial charge on any atom is -0.507 e. The summed E-state index contributed by atoms with van der Waals surface area (Å²) in [5.41, 5.74) is -3.60. The lowest BCUT2D eigenvalue weighted by molar-refractivity contribution is -0.320. The molecule has 1 unspecified atom stereocenters. The van der Waals surface area contributed by atoms with E-state index in [-0.39, 0.29) is 54.2 Å². The number of benzene rings is 2. The van der Waals surface area contributed by atoms with Gasteiger partial charge in [0, 0.05) is 36.4 Å². The number of ether oxygens (including phenoxy) is 7. The lowest BCUT2D eigenvalue weighted by Gasteiger charge is -2.48. The van der Waals surface area contributed by atoms with Gasteiger partial charge in [-0.25, -0.2) is 0 Å². The number of methoxy groups -OCH3 is 1. The molecule has 0 spiro atoms. The molecule has 320 valence electrons. The molecule has 59 heavy (non-hydrogen) atoms. The van der Waals surface area contributed by atoms with Crippen molar-refractivity contribution in [3.63, 3.8) is 0 Å². The van der Waals surface area contributed by atoms with E-state index in [0.29, 0.717) is 0 Å². The number of aliphatic hydroxyl groups is 2. The quantitative estimate of drug-likeness (QED) is 0.154. The molecule has 2 saturated heterocycles. The Morgan fingerprint density at radius 2 is 1.51 bits per heavy atom. The molecular formula is C42H51NO16. The number of nitrogens with zero attached hydrogens (tertiary/aromatic N) is 1. The van der Waals surface area contributed by atoms with Gasteiger partial charge in [-0.15, -0.1) is 0 Å². The molecule has 5 aliphatic rings. The number of fused-ring (bicyclic) bond motifs is 3. The van der Waals surface area contributed by atoms with Gasteiger partial charge in [0.15, 0.2) is 30.4 Å². The third kappa shape index (κ3) is 7.57. The molecule has 5 N–H and O–H groups in total. The van der Waals surface area contributed by atoms with Gasteiger partial charge in [0.05, 0.1) is 53.8 Å². The maximum absolute atomic E-state index is 14.0. The fourth-order valence-electron chi connectivity index (χ4n) is 9.08. The van der Waals surface area contributed by atoms with Crippen LogP contribution in [0.25, 0.3) is 0 Å². The molecule has 7 rings (SSSR count). The predicted molar refractivity (Wildman–Crippen MR) is 203 cm³/mol. The highest BCUT2D eigenvalue weighted by Gasteiger charge is 2.54. The predicted octanol–water partition coefficient (Wildman–Crippen LogP) is 2.64. The number of rotatable bonds is 9. The largest absolute Gasteiger partial charge is 0.507 e. The molecule has 0 bridgehead atoms. The van der Waals surface area contributed by atoms with E-state index in [9.17, 15) is 44.7 Å². The molecule has 2 aliphatic carbocycles. The maximum Gasteiger partial charge on any atom is 0.316 e. The minimum atomic E-state index is -1.81. The summed E-state index contributed by atoms with van der Waals surface area (Å²) in [4.78, 5) is 55.0. The number of ketones is 3. The van der Waals surface area contributed by atoms with Crippen molar-refractivity contribution in [2.24, 2.45) is 0 Å². The van der Waals surface area contributed by atoms with E-state index in [1.165, 1.54) is 18.2 Å². The number of aliphatic hydroxyl groups excluding tert-OH is 1. The second-order valence-corrected chi connectivity index (χ2v) is 16.1. The number of likely N-dealkylation sites (N-methyl/N-ethyl adjacent to an activating group) is 1. The van der Waals surface area contributed by atoms with Gasteiger partial charge in [-0.2, -0.15) is 0 Å². The lowest BCUT2D eigenvalue weighted by atomic mass is 9.67. The van der Waals surface area contributed by atoms with Gasteiger partial charge in [0.2, 0.25) is 5.78 Å². The molecule has 0 radical (unpaired) electrons. The van der Waals surface area contributed by atoms with Crippen LogP contribution in [0.2, 0.25) is 0 Å². The Labute approximate surface area is 340 Å². The van der Waals surface area contributed by atoms with E-state index in [0.717, 1.165) is 19.2 Å². The van der Waals surface area contributed by atoms with Crippen LogP contribution in [0, 0.1) is 0 Å². The van der Waals surface area contributed by atoms with Crippen LogP contribution >= 0.6 is 0 Å². The second kappa shape index (κ2) is 16.3. The minimum absolute atomic E-state index is 0.00866. The highest BCUT2D eigenvalue weighted by molar-refractivity contribution is 6.31. The number of aromatic hydroxyl groups is 3. The molecular weight excluding hydrogens is 774 g/mol. The summed E-state index contributed by atoms with van der Waals surface area (Å²) in [5.74, 6) is -6.10. The molecule has 0 aromatic heterocycles. The van der Waals surface area contributed by atoms with Crippen LogP contribution in [0.4, 0.5) is 0 Å². The number of esters is 1. The smallest absolute Gasteiger partial charge is 0.316 e. The van der Waals surface area contributed by atoms with E-state index in [1.807, 2.05) is 19.0 Å². The number of phenols is 3. The number of carbonyl (C=O) groups is 4. The first-order valence-electron chi connectivity index (χ1n) is 19.7. The monoisotopic (exact) mass is 825 g/mol. The Morgan fingerprint density at radius 3 is 2.10 bits per heavy atom. The Morgan fingerprint density at radius 1 is 0.881 bits per heavy atom. The Kier molecular flexibility index (Phi) is 11.8. The van der Waals surface area contributed by atoms with Crippen molar-refractivity contribution in [3.8, 4) is 17.2 Å². The summed E-state index contributed by atoms with van der Waals surface area (Å²) in [6, 6.07) is 3.00. The van der Waals surface area contributed by atoms with Crippen molar-refractivity contribution in [1.29, 1.82) is 0 Å². The summed E-state index contributed by atoms with van der Waals surface area (Å²) < 4.78 is 42.3. The van der Waals surface area contributed by atoms with Crippen molar-refractivity contribution in [3.05, 3.63) is 63.7 Å². The molecule has 3 heterocycles. The fraction of sp³-hybridized carbons (Fsp3) is 0.571. The number of hydrogen-bond donors (Lipinski definition) is 5. The summed E-state index contributed by atoms with van der Waals surface area (Å²) in [7, 11) is 4.84. The molecule has 0 amide bonds. The van der Waals surface area contributed by atoms with Gasteiger partial charge in [-0.1, -0.05) is 6.92 Å². The van der Waals surface area contributed by atoms with Crippen LogP contribution in [0.5, 0.6) is 17.2 Å². The van der Waals surface area contributed by atoms with E-state index >= 15 is 0 Å². The van der Waals surface area contributed by atoms with Crippen molar-refractivity contribution >= 4 is 23.3 Å². The topological polar surface area (TPSA) is 237 Å². The first-order valence-corrected chi connectivity index (χ1v) is 19.7. The van der Waals surface area contributed by atoms with E-state index < -0.39 is 125 Å². The van der Waals surface area contributed by atoms with Crippen molar-refractivity contribution in [2.75, 3.05) is 21.2 Å². The van der Waals surface area contributed by atoms with Crippen LogP contribution < -0.4 is 0 Å². The number of phenolic OH excluding ortho intramolecular Hbond substituents is 3. The van der Waals surface area contributed by atoms with E-state index in [1.54, 1.807) is 27.7 Å². The Hall–Kier alpha value is -4.30. The van der Waals surface area contributed by atoms with E-state index in [4.69, 9.17) is 33.2 Å². The van der Waals surface area contributed by atoms with Crippen LogP contribution in [-0.2, 0) is 42.7 Å². The molecule has 17 nitrogen and oxygen atoms in total. The average Bonchev–Trinajstić information content (AvgIpc) is 3.17. The summed E-state index contributed by atoms with van der Waals surface area (Å²) in [6.07, 6.45) is -5.29. The van der Waals surface area contributed by atoms with Crippen molar-refractivity contribution < 1.29 is 77.9 Å². The van der Waals surface area contributed by atoms with Gasteiger partial charge in [0.1, 0.15) is 41.5 Å². The van der Waals surface area contributed by atoms with E-state index in [2.05, 4.69) is 0 Å². The van der Waals surface area contributed by atoms with Crippen LogP contribution in [0.1, 0.15) is 108 Å². The zero-order valence-electron chi connectivity index (χ0n) is 33.8. The SMILES string of the molecule is CC[C@@]1(O)C[C@H](O[C@H]2C[C@H](N(C)C)[C@H](O[C@H]3C[C@H](O)[C@H](O[C@H]4C=CC(=O)[C@H](C)O4)[C@H](C)O3)[C@H](C)O2)c2c(cc3c(c2O)C(=O)c2c(O)ccc(O)c2C3=O)C1C(=O)OC. The van der Waals surface area contributed by atoms with Gasteiger partial charge in [-0.3, -0.25) is 19.2 Å². The van der Waals surface area contributed by atoms with Crippen molar-refractivity contribution in [2.45, 2.75) is 133 Å². The highest BCUT2D eigenvalue weighted by atomic mass is 16.7. The van der Waals surface area contributed by atoms with Crippen LogP contribution in [0.15, 0.2) is 30.4 Å². The molecule has 3 aliphatic heterocycles. The highest BCUT2D eigenvalue weighted by Crippen LogP contribution is 2.54. The second-order valence-electron chi connectivity index (χ2n) is 16.1. The molecule has 13 atom stereocenters. The average molecular weight is 826 g/mol. The Balaban J connectivity index is 1.15. The zero-order chi connectivity index (χ0) is 42.8. The number of hydrogen-bond acceptors (Lipinski definition) is 17. The summed E-state index contributed by atoms with van der Waals surface area (Å²) in [6.45, 7) is 6.80. The molecule has 2 aromatic rings. The van der Waals surface area contributed by atoms with Gasteiger partial charge in [-0.05, 0) is 77.2 Å². The van der Waals surface area contributed by atoms with Gasteiger partial charge in [0.25, 0.3) is 0 Å². The Bertz CT molecular complexity index is 2040. The van der Waals surface area contributed by atoms with Gasteiger partial charge < -0.3 is 63.6 Å². The molecule has 2 aromatic carbocycles.